The van der Waals surface area contributed by atoms with Gasteiger partial charge in [0.25, 0.3) is 5.91 Å². The van der Waals surface area contributed by atoms with Gasteiger partial charge in [-0.3, -0.25) is 14.4 Å². The van der Waals surface area contributed by atoms with Gasteiger partial charge in [0.05, 0.1) is 5.92 Å². The van der Waals surface area contributed by atoms with Gasteiger partial charge in [-0.1, -0.05) is 12.5 Å². The molecule has 2 N–H and O–H groups in total. The van der Waals surface area contributed by atoms with Gasteiger partial charge in [-0.25, -0.2) is 0 Å². The molecular formula is C20H26N2O5. The van der Waals surface area contributed by atoms with Crippen LogP contribution in [0.2, 0.25) is 0 Å². The number of hydrogen-bond acceptors (Lipinski definition) is 4. The van der Waals surface area contributed by atoms with Crippen LogP contribution in [0.5, 0.6) is 5.75 Å². The number of rotatable bonds is 6. The van der Waals surface area contributed by atoms with Crippen LogP contribution in [0.3, 0.4) is 0 Å². The fourth-order valence-corrected chi connectivity index (χ4v) is 3.76. The molecule has 0 aromatic heterocycles. The Morgan fingerprint density at radius 3 is 2.59 bits per heavy atom. The molecule has 146 valence electrons. The van der Waals surface area contributed by atoms with Crippen LogP contribution >= 0.6 is 0 Å². The van der Waals surface area contributed by atoms with E-state index in [4.69, 9.17) is 9.84 Å². The SMILES string of the molecule is O=C(O)C1CCCC(C(=O)Nc2cccc(OCC(=O)N3CCCC3)c2)C1. The van der Waals surface area contributed by atoms with Crippen molar-refractivity contribution in [1.82, 2.24) is 4.90 Å². The molecule has 7 nitrogen and oxygen atoms in total. The van der Waals surface area contributed by atoms with Crippen molar-refractivity contribution in [3.8, 4) is 5.75 Å². The summed E-state index contributed by atoms with van der Waals surface area (Å²) in [6.07, 6.45) is 4.54. The number of likely N-dealkylation sites (tertiary alicyclic amines) is 1. The van der Waals surface area contributed by atoms with Crippen molar-refractivity contribution in [1.29, 1.82) is 0 Å². The van der Waals surface area contributed by atoms with E-state index in [1.54, 1.807) is 29.2 Å². The zero-order valence-electron chi connectivity index (χ0n) is 15.4. The molecule has 0 bridgehead atoms. The van der Waals surface area contributed by atoms with Crippen LogP contribution in [0.4, 0.5) is 5.69 Å². The molecule has 1 saturated heterocycles. The number of aliphatic carboxylic acids is 1. The number of nitrogens with one attached hydrogen (secondary N) is 1. The van der Waals surface area contributed by atoms with E-state index in [-0.39, 0.29) is 24.3 Å². The van der Waals surface area contributed by atoms with Gasteiger partial charge in [0.2, 0.25) is 5.91 Å². The Morgan fingerprint density at radius 2 is 1.85 bits per heavy atom. The van der Waals surface area contributed by atoms with E-state index in [0.29, 0.717) is 30.7 Å². The fraction of sp³-hybridized carbons (Fsp3) is 0.550. The summed E-state index contributed by atoms with van der Waals surface area (Å²) in [6, 6.07) is 6.94. The van der Waals surface area contributed by atoms with E-state index in [1.165, 1.54) is 0 Å². The lowest BCUT2D eigenvalue weighted by molar-refractivity contribution is -0.143. The average molecular weight is 374 g/mol. The Morgan fingerprint density at radius 1 is 1.11 bits per heavy atom. The Bertz CT molecular complexity index is 699. The van der Waals surface area contributed by atoms with E-state index in [9.17, 15) is 14.4 Å². The minimum atomic E-state index is -0.828. The zero-order chi connectivity index (χ0) is 19.2. The lowest BCUT2D eigenvalue weighted by Crippen LogP contribution is -2.32. The Labute approximate surface area is 158 Å². The summed E-state index contributed by atoms with van der Waals surface area (Å²) in [5.74, 6) is -1.23. The van der Waals surface area contributed by atoms with Crippen molar-refractivity contribution in [3.05, 3.63) is 24.3 Å². The highest BCUT2D eigenvalue weighted by Gasteiger charge is 2.31. The van der Waals surface area contributed by atoms with E-state index in [1.807, 2.05) is 0 Å². The van der Waals surface area contributed by atoms with Gasteiger partial charge in [-0.2, -0.15) is 0 Å². The molecule has 2 fully saturated rings. The molecule has 2 atom stereocenters. The predicted molar refractivity (Wildman–Crippen MR) is 99.5 cm³/mol. The lowest BCUT2D eigenvalue weighted by atomic mass is 9.81. The van der Waals surface area contributed by atoms with Crippen molar-refractivity contribution in [2.45, 2.75) is 38.5 Å². The maximum Gasteiger partial charge on any atom is 0.306 e. The van der Waals surface area contributed by atoms with Crippen molar-refractivity contribution in [2.24, 2.45) is 11.8 Å². The molecule has 27 heavy (non-hydrogen) atoms. The van der Waals surface area contributed by atoms with E-state index in [0.717, 1.165) is 32.4 Å². The van der Waals surface area contributed by atoms with E-state index < -0.39 is 11.9 Å². The summed E-state index contributed by atoms with van der Waals surface area (Å²) in [4.78, 5) is 37.5. The molecule has 1 aromatic carbocycles. The van der Waals surface area contributed by atoms with Crippen molar-refractivity contribution in [3.63, 3.8) is 0 Å². The zero-order valence-corrected chi connectivity index (χ0v) is 15.4. The molecular weight excluding hydrogens is 348 g/mol. The number of hydrogen-bond donors (Lipinski definition) is 2. The molecule has 1 aliphatic heterocycles. The van der Waals surface area contributed by atoms with Gasteiger partial charge in [0.15, 0.2) is 6.61 Å². The highest BCUT2D eigenvalue weighted by molar-refractivity contribution is 5.93. The van der Waals surface area contributed by atoms with Gasteiger partial charge in [-0.05, 0) is 44.2 Å². The number of ether oxygens (including phenoxy) is 1. The molecule has 1 heterocycles. The van der Waals surface area contributed by atoms with Gasteiger partial charge in [0.1, 0.15) is 5.75 Å². The second-order valence-corrected chi connectivity index (χ2v) is 7.29. The fourth-order valence-electron chi connectivity index (χ4n) is 3.76. The first-order chi connectivity index (χ1) is 13.0. The maximum absolute atomic E-state index is 12.5. The summed E-state index contributed by atoms with van der Waals surface area (Å²) < 4.78 is 5.58. The molecule has 7 heteroatoms. The molecule has 2 aliphatic rings. The number of nitrogens with zero attached hydrogens (tertiary/aromatic N) is 1. The smallest absolute Gasteiger partial charge is 0.306 e. The van der Waals surface area contributed by atoms with Crippen molar-refractivity contribution >= 4 is 23.5 Å². The number of amides is 2. The number of anilines is 1. The maximum atomic E-state index is 12.5. The van der Waals surface area contributed by atoms with Gasteiger partial charge in [0, 0.05) is 30.8 Å². The largest absolute Gasteiger partial charge is 0.484 e. The lowest BCUT2D eigenvalue weighted by Gasteiger charge is -2.25. The number of carbonyl (C=O) groups is 3. The van der Waals surface area contributed by atoms with Gasteiger partial charge >= 0.3 is 5.97 Å². The second kappa shape index (κ2) is 8.88. The molecule has 0 spiro atoms. The predicted octanol–water partition coefficient (Wildman–Crippen LogP) is 2.52. The number of carboxylic acid groups (broad SMARTS) is 1. The summed E-state index contributed by atoms with van der Waals surface area (Å²) >= 11 is 0. The minimum absolute atomic E-state index is 0.0136. The number of carboxylic acids is 1. The van der Waals surface area contributed by atoms with Crippen LogP contribution in [0.15, 0.2) is 24.3 Å². The summed E-state index contributed by atoms with van der Waals surface area (Å²) in [6.45, 7) is 1.56. The monoisotopic (exact) mass is 374 g/mol. The van der Waals surface area contributed by atoms with Crippen LogP contribution in [-0.2, 0) is 14.4 Å². The van der Waals surface area contributed by atoms with Crippen LogP contribution in [0.25, 0.3) is 0 Å². The molecule has 1 aromatic rings. The number of carbonyl (C=O) groups excluding carboxylic acids is 2. The van der Waals surface area contributed by atoms with Crippen LogP contribution < -0.4 is 10.1 Å². The molecule has 2 unspecified atom stereocenters. The third-order valence-electron chi connectivity index (χ3n) is 5.32. The van der Waals surface area contributed by atoms with E-state index in [2.05, 4.69) is 5.32 Å². The summed E-state index contributed by atoms with van der Waals surface area (Å²) in [5, 5.41) is 12.0. The Hall–Kier alpha value is -2.57. The van der Waals surface area contributed by atoms with Crippen molar-refractivity contribution < 1.29 is 24.2 Å². The molecule has 3 rings (SSSR count). The first-order valence-electron chi connectivity index (χ1n) is 9.57. The normalized spacial score (nSPS) is 22.3. The van der Waals surface area contributed by atoms with Gasteiger partial charge < -0.3 is 20.1 Å². The number of benzene rings is 1. The molecule has 1 saturated carbocycles. The van der Waals surface area contributed by atoms with Gasteiger partial charge in [-0.15, -0.1) is 0 Å². The standard InChI is InChI=1S/C20H26N2O5/c23-18(22-9-1-2-10-22)13-27-17-8-4-7-16(12-17)21-19(24)14-5-3-6-15(11-14)20(25)26/h4,7-8,12,14-15H,1-3,5-6,9-11,13H2,(H,21,24)(H,25,26). The Kier molecular flexibility index (Phi) is 6.32. The first kappa shape index (κ1) is 19.2. The molecule has 1 aliphatic carbocycles. The van der Waals surface area contributed by atoms with Crippen LogP contribution in [-0.4, -0.2) is 47.5 Å². The first-order valence-corrected chi connectivity index (χ1v) is 9.57. The topological polar surface area (TPSA) is 95.9 Å². The van der Waals surface area contributed by atoms with E-state index >= 15 is 0 Å². The highest BCUT2D eigenvalue weighted by atomic mass is 16.5. The molecule has 2 amide bonds. The van der Waals surface area contributed by atoms with Crippen molar-refractivity contribution in [2.75, 3.05) is 25.0 Å². The second-order valence-electron chi connectivity index (χ2n) is 7.29. The quantitative estimate of drug-likeness (QED) is 0.798. The minimum Gasteiger partial charge on any atom is -0.484 e. The average Bonchev–Trinajstić information content (AvgIpc) is 3.21. The summed E-state index contributed by atoms with van der Waals surface area (Å²) in [5.41, 5.74) is 0.587. The third-order valence-corrected chi connectivity index (χ3v) is 5.32. The summed E-state index contributed by atoms with van der Waals surface area (Å²) in [7, 11) is 0. The molecule has 0 radical (unpaired) electrons. The van der Waals surface area contributed by atoms with Crippen LogP contribution in [0, 0.1) is 11.8 Å². The Balaban J connectivity index is 1.53. The van der Waals surface area contributed by atoms with Crippen LogP contribution in [0.1, 0.15) is 38.5 Å². The third kappa shape index (κ3) is 5.21. The highest BCUT2D eigenvalue weighted by Crippen LogP contribution is 2.30.